The first kappa shape index (κ1) is 16.9. The first-order chi connectivity index (χ1) is 11.7. The van der Waals surface area contributed by atoms with Crippen LogP contribution >= 0.6 is 11.6 Å². The first-order valence-corrected chi connectivity index (χ1v) is 7.92. The van der Waals surface area contributed by atoms with E-state index in [1.54, 1.807) is 12.3 Å². The Morgan fingerprint density at radius 3 is 3.08 bits per heavy atom. The van der Waals surface area contributed by atoms with Gasteiger partial charge in [-0.25, -0.2) is 4.39 Å². The summed E-state index contributed by atoms with van der Waals surface area (Å²) < 4.78 is 24.3. The maximum atomic E-state index is 13.2. The summed E-state index contributed by atoms with van der Waals surface area (Å²) in [5, 5.41) is 9.15. The lowest BCUT2D eigenvalue weighted by atomic mass is 10.1. The molecule has 8 heteroatoms. The quantitative estimate of drug-likeness (QED) is 0.889. The number of rotatable bonds is 5. The van der Waals surface area contributed by atoms with Gasteiger partial charge in [0.2, 0.25) is 5.88 Å². The summed E-state index contributed by atoms with van der Waals surface area (Å²) >= 11 is 6.13. The molecule has 0 aliphatic carbocycles. The van der Waals surface area contributed by atoms with Crippen molar-refractivity contribution < 1.29 is 19.0 Å². The molecular weight excluding hydrogens is 337 g/mol. The van der Waals surface area contributed by atoms with Crippen LogP contribution in [0.3, 0.4) is 0 Å². The monoisotopic (exact) mass is 353 g/mol. The number of ether oxygens (including phenoxy) is 2. The molecule has 1 atom stereocenters. The molecule has 1 aromatic carbocycles. The van der Waals surface area contributed by atoms with Gasteiger partial charge in [-0.15, -0.1) is 0 Å². The van der Waals surface area contributed by atoms with E-state index >= 15 is 0 Å². The molecular formula is C16H17ClFN3O3. The summed E-state index contributed by atoms with van der Waals surface area (Å²) in [5.74, 6) is 0.623. The second-order valence-corrected chi connectivity index (χ2v) is 5.67. The van der Waals surface area contributed by atoms with Crippen LogP contribution in [-0.2, 0) is 4.74 Å². The van der Waals surface area contributed by atoms with Crippen LogP contribution in [0, 0.1) is 5.82 Å². The zero-order valence-corrected chi connectivity index (χ0v) is 13.6. The van der Waals surface area contributed by atoms with Gasteiger partial charge in [-0.05, 0) is 12.1 Å². The topological polar surface area (TPSA) is 67.7 Å². The molecule has 1 fully saturated rings. The Labute approximate surface area is 143 Å². The summed E-state index contributed by atoms with van der Waals surface area (Å²) in [6.45, 7) is 1.72. The highest BCUT2D eigenvalue weighted by Crippen LogP contribution is 2.30. The fraction of sp³-hybridized carbons (Fsp3) is 0.375. The van der Waals surface area contributed by atoms with Crippen molar-refractivity contribution in [2.45, 2.75) is 6.10 Å². The van der Waals surface area contributed by atoms with E-state index in [2.05, 4.69) is 9.97 Å². The number of nitrogens with zero attached hydrogens (tertiary/aromatic N) is 3. The fourth-order valence-corrected chi connectivity index (χ4v) is 2.81. The van der Waals surface area contributed by atoms with Crippen LogP contribution in [0.4, 0.5) is 10.2 Å². The van der Waals surface area contributed by atoms with Gasteiger partial charge in [-0.2, -0.15) is 4.98 Å². The zero-order valence-electron chi connectivity index (χ0n) is 12.9. The second-order valence-electron chi connectivity index (χ2n) is 5.26. The van der Waals surface area contributed by atoms with Crippen molar-refractivity contribution in [3.8, 4) is 5.88 Å². The third-order valence-corrected chi connectivity index (χ3v) is 3.97. The zero-order chi connectivity index (χ0) is 16.9. The van der Waals surface area contributed by atoms with Gasteiger partial charge in [0.05, 0.1) is 25.6 Å². The van der Waals surface area contributed by atoms with E-state index in [-0.39, 0.29) is 25.1 Å². The van der Waals surface area contributed by atoms with Crippen molar-refractivity contribution in [3.63, 3.8) is 0 Å². The maximum absolute atomic E-state index is 13.2. The lowest BCUT2D eigenvalue weighted by molar-refractivity contribution is 0.0395. The standard InChI is InChI=1S/C16H17ClFN3O3/c17-13-7-11(18)1-2-12(13)14-10-21(3-5-23-14)15-8-19-9-16(20-15)24-6-4-22/h1-2,7-9,14,22H,3-6,10H2. The number of halogens is 2. The van der Waals surface area contributed by atoms with Gasteiger partial charge in [0.1, 0.15) is 18.5 Å². The maximum Gasteiger partial charge on any atom is 0.234 e. The number of aromatic nitrogens is 2. The van der Waals surface area contributed by atoms with Crippen molar-refractivity contribution in [1.82, 2.24) is 9.97 Å². The van der Waals surface area contributed by atoms with E-state index in [1.807, 2.05) is 4.90 Å². The average molecular weight is 354 g/mol. The lowest BCUT2D eigenvalue weighted by Crippen LogP contribution is -2.39. The second kappa shape index (κ2) is 7.74. The lowest BCUT2D eigenvalue weighted by Gasteiger charge is -2.34. The number of anilines is 1. The van der Waals surface area contributed by atoms with E-state index < -0.39 is 0 Å². The molecule has 0 bridgehead atoms. The van der Waals surface area contributed by atoms with Crippen LogP contribution in [0.1, 0.15) is 11.7 Å². The van der Waals surface area contributed by atoms with Crippen molar-refractivity contribution in [3.05, 3.63) is 47.0 Å². The van der Waals surface area contributed by atoms with Crippen molar-refractivity contribution >= 4 is 17.4 Å². The Kier molecular flexibility index (Phi) is 5.44. The van der Waals surface area contributed by atoms with Crippen molar-refractivity contribution in [2.75, 3.05) is 37.8 Å². The normalized spacial score (nSPS) is 17.8. The van der Waals surface area contributed by atoms with Gasteiger partial charge in [0, 0.05) is 23.7 Å². The highest BCUT2D eigenvalue weighted by atomic mass is 35.5. The van der Waals surface area contributed by atoms with Crippen LogP contribution in [0.25, 0.3) is 0 Å². The average Bonchev–Trinajstić information content (AvgIpc) is 2.60. The Morgan fingerprint density at radius 1 is 1.42 bits per heavy atom. The summed E-state index contributed by atoms with van der Waals surface area (Å²) in [6, 6.07) is 4.29. The van der Waals surface area contributed by atoms with Gasteiger partial charge < -0.3 is 19.5 Å². The molecule has 0 spiro atoms. The van der Waals surface area contributed by atoms with Crippen LogP contribution in [0.15, 0.2) is 30.6 Å². The van der Waals surface area contributed by atoms with Gasteiger partial charge in [0.15, 0.2) is 5.82 Å². The van der Waals surface area contributed by atoms with E-state index in [9.17, 15) is 4.39 Å². The molecule has 1 unspecified atom stereocenters. The number of hydrogen-bond acceptors (Lipinski definition) is 6. The first-order valence-electron chi connectivity index (χ1n) is 7.54. The molecule has 2 heterocycles. The van der Waals surface area contributed by atoms with E-state index in [0.29, 0.717) is 36.4 Å². The molecule has 0 radical (unpaired) electrons. The van der Waals surface area contributed by atoms with E-state index in [0.717, 1.165) is 5.56 Å². The van der Waals surface area contributed by atoms with Crippen LogP contribution in [0.2, 0.25) is 5.02 Å². The van der Waals surface area contributed by atoms with Crippen molar-refractivity contribution in [1.29, 1.82) is 0 Å². The third kappa shape index (κ3) is 3.92. The Balaban J connectivity index is 1.75. The molecule has 0 saturated carbocycles. The van der Waals surface area contributed by atoms with Crippen LogP contribution in [0.5, 0.6) is 5.88 Å². The molecule has 1 N–H and O–H groups in total. The highest BCUT2D eigenvalue weighted by Gasteiger charge is 2.25. The number of morpholine rings is 1. The number of aliphatic hydroxyl groups excluding tert-OH is 1. The molecule has 0 amide bonds. The van der Waals surface area contributed by atoms with Gasteiger partial charge in [-0.3, -0.25) is 4.98 Å². The summed E-state index contributed by atoms with van der Waals surface area (Å²) in [6.07, 6.45) is 2.85. The smallest absolute Gasteiger partial charge is 0.234 e. The molecule has 1 saturated heterocycles. The fourth-order valence-electron chi connectivity index (χ4n) is 2.52. The third-order valence-electron chi connectivity index (χ3n) is 3.64. The minimum absolute atomic E-state index is 0.0887. The highest BCUT2D eigenvalue weighted by molar-refractivity contribution is 6.31. The number of benzene rings is 1. The molecule has 1 aliphatic rings. The Morgan fingerprint density at radius 2 is 2.29 bits per heavy atom. The van der Waals surface area contributed by atoms with E-state index in [4.69, 9.17) is 26.2 Å². The van der Waals surface area contributed by atoms with E-state index in [1.165, 1.54) is 18.3 Å². The molecule has 128 valence electrons. The minimum atomic E-state index is -0.379. The summed E-state index contributed by atoms with van der Waals surface area (Å²) in [7, 11) is 0. The molecule has 1 aliphatic heterocycles. The molecule has 1 aromatic heterocycles. The predicted octanol–water partition coefficient (Wildman–Crippen LogP) is 2.22. The van der Waals surface area contributed by atoms with Gasteiger partial charge in [0.25, 0.3) is 0 Å². The Bertz CT molecular complexity index is 704. The van der Waals surface area contributed by atoms with Gasteiger partial charge in [-0.1, -0.05) is 17.7 Å². The molecule has 6 nitrogen and oxygen atoms in total. The Hall–Kier alpha value is -1.96. The van der Waals surface area contributed by atoms with Gasteiger partial charge >= 0.3 is 0 Å². The largest absolute Gasteiger partial charge is 0.474 e. The molecule has 3 rings (SSSR count). The predicted molar refractivity (Wildman–Crippen MR) is 86.9 cm³/mol. The molecule has 2 aromatic rings. The van der Waals surface area contributed by atoms with Crippen LogP contribution in [-0.4, -0.2) is 48.0 Å². The number of aliphatic hydroxyl groups is 1. The summed E-state index contributed by atoms with van der Waals surface area (Å²) in [4.78, 5) is 10.5. The van der Waals surface area contributed by atoms with Crippen LogP contribution < -0.4 is 9.64 Å². The SMILES string of the molecule is OCCOc1cncc(N2CCOC(c3ccc(F)cc3Cl)C2)n1. The summed E-state index contributed by atoms with van der Waals surface area (Å²) in [5.41, 5.74) is 0.739. The van der Waals surface area contributed by atoms with Crippen molar-refractivity contribution in [2.24, 2.45) is 0 Å². The number of hydrogen-bond donors (Lipinski definition) is 1. The minimum Gasteiger partial charge on any atom is -0.474 e. The molecule has 24 heavy (non-hydrogen) atoms.